The standard InChI is InChI=1S/C23H22FIN2O3/c24-19-9-5-4-8-18(19)22(29)26(16-6-2-1-3-7-16)20-14-21(28)27(23(20)30)17-12-10-15(25)11-13-17/h4-5,8-13,16,20H,1-3,6-7,14H2. The van der Waals surface area contributed by atoms with Gasteiger partial charge >= 0.3 is 0 Å². The predicted molar refractivity (Wildman–Crippen MR) is 119 cm³/mol. The van der Waals surface area contributed by atoms with Gasteiger partial charge in [0.25, 0.3) is 11.8 Å². The number of nitrogens with zero attached hydrogens (tertiary/aromatic N) is 2. The van der Waals surface area contributed by atoms with Crippen LogP contribution in [0.2, 0.25) is 0 Å². The van der Waals surface area contributed by atoms with E-state index in [1.165, 1.54) is 23.1 Å². The minimum atomic E-state index is -0.910. The molecule has 2 aromatic carbocycles. The van der Waals surface area contributed by atoms with Crippen molar-refractivity contribution in [1.29, 1.82) is 0 Å². The number of hydrogen-bond acceptors (Lipinski definition) is 3. The summed E-state index contributed by atoms with van der Waals surface area (Å²) in [5.41, 5.74) is 0.436. The van der Waals surface area contributed by atoms with Crippen LogP contribution in [0.25, 0.3) is 0 Å². The molecule has 0 spiro atoms. The van der Waals surface area contributed by atoms with Crippen molar-refractivity contribution in [2.75, 3.05) is 4.90 Å². The monoisotopic (exact) mass is 520 g/mol. The van der Waals surface area contributed by atoms with Crippen molar-refractivity contribution in [2.45, 2.75) is 50.6 Å². The zero-order valence-corrected chi connectivity index (χ0v) is 18.5. The topological polar surface area (TPSA) is 57.7 Å². The summed E-state index contributed by atoms with van der Waals surface area (Å²) in [6.07, 6.45) is 4.39. The largest absolute Gasteiger partial charge is 0.323 e. The van der Waals surface area contributed by atoms with Crippen LogP contribution in [-0.4, -0.2) is 34.7 Å². The normalized spacial score (nSPS) is 19.9. The van der Waals surface area contributed by atoms with Crippen LogP contribution in [0.5, 0.6) is 0 Å². The number of benzene rings is 2. The van der Waals surface area contributed by atoms with Gasteiger partial charge in [0, 0.05) is 9.61 Å². The molecule has 2 aliphatic rings. The third-order valence-electron chi connectivity index (χ3n) is 5.85. The maximum absolute atomic E-state index is 14.4. The molecular formula is C23H22FIN2O3. The lowest BCUT2D eigenvalue weighted by molar-refractivity contribution is -0.123. The second-order valence-electron chi connectivity index (χ2n) is 7.75. The summed E-state index contributed by atoms with van der Waals surface area (Å²) in [6, 6.07) is 11.8. The lowest BCUT2D eigenvalue weighted by Gasteiger charge is -2.37. The molecule has 1 unspecified atom stereocenters. The summed E-state index contributed by atoms with van der Waals surface area (Å²) >= 11 is 2.16. The Bertz CT molecular complexity index is 973. The zero-order valence-electron chi connectivity index (χ0n) is 16.4. The SMILES string of the molecule is O=C1CC(N(C(=O)c2ccccc2F)C2CCCCC2)C(=O)N1c1ccc(I)cc1. The number of carbonyl (C=O) groups is 3. The van der Waals surface area contributed by atoms with E-state index in [4.69, 9.17) is 0 Å². The van der Waals surface area contributed by atoms with E-state index in [9.17, 15) is 18.8 Å². The molecule has 7 heteroatoms. The number of halogens is 2. The van der Waals surface area contributed by atoms with Crippen LogP contribution >= 0.6 is 22.6 Å². The molecule has 1 aliphatic carbocycles. The van der Waals surface area contributed by atoms with Crippen LogP contribution in [-0.2, 0) is 9.59 Å². The smallest absolute Gasteiger partial charge is 0.257 e. The Morgan fingerprint density at radius 3 is 2.33 bits per heavy atom. The maximum atomic E-state index is 14.4. The van der Waals surface area contributed by atoms with Crippen LogP contribution in [0.15, 0.2) is 48.5 Å². The lowest BCUT2D eigenvalue weighted by atomic mass is 9.92. The highest BCUT2D eigenvalue weighted by Gasteiger charge is 2.47. The average molecular weight is 520 g/mol. The van der Waals surface area contributed by atoms with Gasteiger partial charge in [0.1, 0.15) is 11.9 Å². The van der Waals surface area contributed by atoms with Crippen LogP contribution in [0.4, 0.5) is 10.1 Å². The Balaban J connectivity index is 1.69. The molecule has 30 heavy (non-hydrogen) atoms. The van der Waals surface area contributed by atoms with E-state index >= 15 is 0 Å². The van der Waals surface area contributed by atoms with Gasteiger partial charge in [-0.15, -0.1) is 0 Å². The number of anilines is 1. The third kappa shape index (κ3) is 3.99. The van der Waals surface area contributed by atoms with Crippen molar-refractivity contribution in [3.8, 4) is 0 Å². The summed E-state index contributed by atoms with van der Waals surface area (Å²) in [5.74, 6) is -1.89. The molecule has 2 aromatic rings. The Morgan fingerprint density at radius 1 is 1.00 bits per heavy atom. The molecule has 1 atom stereocenters. The van der Waals surface area contributed by atoms with Crippen molar-refractivity contribution < 1.29 is 18.8 Å². The first-order chi connectivity index (χ1) is 14.5. The molecule has 0 N–H and O–H groups in total. The zero-order chi connectivity index (χ0) is 21.3. The first-order valence-corrected chi connectivity index (χ1v) is 11.2. The van der Waals surface area contributed by atoms with Gasteiger partial charge in [0.05, 0.1) is 17.7 Å². The molecule has 4 rings (SSSR count). The Morgan fingerprint density at radius 2 is 1.67 bits per heavy atom. The summed E-state index contributed by atoms with van der Waals surface area (Å²) in [4.78, 5) is 42.2. The van der Waals surface area contributed by atoms with Crippen LogP contribution < -0.4 is 4.90 Å². The van der Waals surface area contributed by atoms with Gasteiger partial charge in [0.2, 0.25) is 5.91 Å². The average Bonchev–Trinajstić information content (AvgIpc) is 3.04. The van der Waals surface area contributed by atoms with Crippen LogP contribution in [0.1, 0.15) is 48.9 Å². The van der Waals surface area contributed by atoms with Crippen molar-refractivity contribution in [2.24, 2.45) is 0 Å². The van der Waals surface area contributed by atoms with E-state index in [-0.39, 0.29) is 23.9 Å². The molecule has 1 heterocycles. The highest BCUT2D eigenvalue weighted by Crippen LogP contribution is 2.32. The summed E-state index contributed by atoms with van der Waals surface area (Å²) in [5, 5.41) is 0. The molecule has 1 saturated carbocycles. The van der Waals surface area contributed by atoms with E-state index in [0.29, 0.717) is 5.69 Å². The molecule has 1 aliphatic heterocycles. The Hall–Kier alpha value is -2.29. The molecule has 3 amide bonds. The van der Waals surface area contributed by atoms with Gasteiger partial charge in [-0.2, -0.15) is 0 Å². The Labute approximate surface area is 188 Å². The second kappa shape index (κ2) is 8.83. The predicted octanol–water partition coefficient (Wildman–Crippen LogP) is 4.54. The molecule has 0 aromatic heterocycles. The summed E-state index contributed by atoms with van der Waals surface area (Å²) in [6.45, 7) is 0. The number of rotatable bonds is 4. The number of carbonyl (C=O) groups excluding carboxylic acids is 3. The summed E-state index contributed by atoms with van der Waals surface area (Å²) < 4.78 is 15.4. The van der Waals surface area contributed by atoms with Gasteiger partial charge in [-0.3, -0.25) is 14.4 Å². The van der Waals surface area contributed by atoms with E-state index < -0.39 is 23.7 Å². The molecule has 5 nitrogen and oxygen atoms in total. The van der Waals surface area contributed by atoms with Crippen molar-refractivity contribution >= 4 is 46.0 Å². The highest BCUT2D eigenvalue weighted by atomic mass is 127. The van der Waals surface area contributed by atoms with Crippen molar-refractivity contribution in [1.82, 2.24) is 4.90 Å². The van der Waals surface area contributed by atoms with Gasteiger partial charge in [-0.1, -0.05) is 31.4 Å². The fourth-order valence-corrected chi connectivity index (χ4v) is 4.75. The van der Waals surface area contributed by atoms with Crippen molar-refractivity contribution in [3.63, 3.8) is 0 Å². The molecule has 0 bridgehead atoms. The van der Waals surface area contributed by atoms with Crippen LogP contribution in [0.3, 0.4) is 0 Å². The van der Waals surface area contributed by atoms with Gasteiger partial charge in [-0.25, -0.2) is 9.29 Å². The van der Waals surface area contributed by atoms with Gasteiger partial charge in [-0.05, 0) is 71.8 Å². The molecule has 0 radical (unpaired) electrons. The minimum absolute atomic E-state index is 0.0592. The molecule has 2 fully saturated rings. The van der Waals surface area contributed by atoms with Gasteiger partial charge in [0.15, 0.2) is 0 Å². The van der Waals surface area contributed by atoms with E-state index in [0.717, 1.165) is 40.6 Å². The third-order valence-corrected chi connectivity index (χ3v) is 6.57. The fraction of sp³-hybridized carbons (Fsp3) is 0.348. The first-order valence-electron chi connectivity index (χ1n) is 10.2. The minimum Gasteiger partial charge on any atom is -0.323 e. The lowest BCUT2D eigenvalue weighted by Crippen LogP contribution is -2.51. The number of hydrogen-bond donors (Lipinski definition) is 0. The quantitative estimate of drug-likeness (QED) is 0.440. The Kier molecular flexibility index (Phi) is 6.17. The van der Waals surface area contributed by atoms with Crippen molar-refractivity contribution in [3.05, 3.63) is 63.5 Å². The molecule has 1 saturated heterocycles. The van der Waals surface area contributed by atoms with E-state index in [2.05, 4.69) is 22.6 Å². The molecular weight excluding hydrogens is 498 g/mol. The highest BCUT2D eigenvalue weighted by molar-refractivity contribution is 14.1. The summed E-state index contributed by atoms with van der Waals surface area (Å²) in [7, 11) is 0. The van der Waals surface area contributed by atoms with E-state index in [1.54, 1.807) is 18.2 Å². The number of amides is 3. The number of imide groups is 1. The second-order valence-corrected chi connectivity index (χ2v) is 8.99. The first kappa shape index (κ1) is 21.0. The maximum Gasteiger partial charge on any atom is 0.257 e. The fourth-order valence-electron chi connectivity index (χ4n) is 4.39. The molecule has 156 valence electrons. The van der Waals surface area contributed by atoms with E-state index in [1.807, 2.05) is 12.1 Å². The van der Waals surface area contributed by atoms with Crippen LogP contribution in [0, 0.1) is 9.39 Å². The van der Waals surface area contributed by atoms with Gasteiger partial charge < -0.3 is 4.90 Å².